The Morgan fingerprint density at radius 3 is 1.84 bits per heavy atom. The molecule has 0 radical (unpaired) electrons. The molecule has 0 saturated heterocycles. The highest BCUT2D eigenvalue weighted by Crippen LogP contribution is 2.22. The van der Waals surface area contributed by atoms with Gasteiger partial charge in [0.2, 0.25) is 23.8 Å². The number of ether oxygens (including phenoxy) is 1. The van der Waals surface area contributed by atoms with Gasteiger partial charge >= 0.3 is 0 Å². The Hall–Kier alpha value is -4.80. The minimum atomic E-state index is -0.767. The van der Waals surface area contributed by atoms with E-state index in [0.717, 1.165) is 0 Å². The molecule has 190 valence electrons. The molecule has 1 aromatic heterocycles. The fourth-order valence-electron chi connectivity index (χ4n) is 3.23. The number of carbonyl (C=O) groups excluding carboxylic acids is 1. The predicted octanol–water partition coefficient (Wildman–Crippen LogP) is 5.47. The summed E-state index contributed by atoms with van der Waals surface area (Å²) in [6, 6.07) is 18.2. The molecule has 37 heavy (non-hydrogen) atoms. The predicted molar refractivity (Wildman–Crippen MR) is 139 cm³/mol. The number of aromatic nitrogens is 3. The molecule has 9 nitrogen and oxygen atoms in total. The highest BCUT2D eigenvalue weighted by atomic mass is 19.1. The molecule has 0 aliphatic rings. The van der Waals surface area contributed by atoms with Crippen LogP contribution < -0.4 is 26.0 Å². The van der Waals surface area contributed by atoms with Crippen LogP contribution in [0.15, 0.2) is 72.8 Å². The first-order valence-corrected chi connectivity index (χ1v) is 11.5. The summed E-state index contributed by atoms with van der Waals surface area (Å²) in [7, 11) is 0. The van der Waals surface area contributed by atoms with E-state index in [1.807, 2.05) is 6.92 Å². The Morgan fingerprint density at radius 2 is 1.32 bits per heavy atom. The minimum Gasteiger partial charge on any atom is -0.494 e. The number of halogens is 2. The van der Waals surface area contributed by atoms with Gasteiger partial charge in [0.25, 0.3) is 0 Å². The van der Waals surface area contributed by atoms with Crippen molar-refractivity contribution in [3.63, 3.8) is 0 Å². The van der Waals surface area contributed by atoms with E-state index >= 15 is 0 Å². The molecule has 4 aromatic rings. The molecule has 0 unspecified atom stereocenters. The molecule has 4 rings (SSSR count). The molecular formula is C26H25F2N7O2. The van der Waals surface area contributed by atoms with Crippen molar-refractivity contribution in [3.8, 4) is 5.75 Å². The van der Waals surface area contributed by atoms with Gasteiger partial charge in [-0.1, -0.05) is 24.3 Å². The maximum atomic E-state index is 14.2. The smallest absolute Gasteiger partial charge is 0.246 e. The average molecular weight is 506 g/mol. The Labute approximate surface area is 212 Å². The summed E-state index contributed by atoms with van der Waals surface area (Å²) in [6.07, 6.45) is 0. The van der Waals surface area contributed by atoms with Crippen LogP contribution in [-0.4, -0.2) is 33.5 Å². The van der Waals surface area contributed by atoms with E-state index in [-0.39, 0.29) is 35.1 Å². The first-order chi connectivity index (χ1) is 17.9. The molecule has 3 aromatic carbocycles. The number of hydrogen-bond acceptors (Lipinski definition) is 8. The summed E-state index contributed by atoms with van der Waals surface area (Å²) >= 11 is 0. The van der Waals surface area contributed by atoms with Gasteiger partial charge in [-0.25, -0.2) is 8.78 Å². The first kappa shape index (κ1) is 25.3. The van der Waals surface area contributed by atoms with E-state index in [1.165, 1.54) is 24.3 Å². The Balaban J connectivity index is 1.54. The molecule has 0 saturated carbocycles. The lowest BCUT2D eigenvalue weighted by molar-refractivity contribution is -0.116. The van der Waals surface area contributed by atoms with Crippen molar-refractivity contribution in [1.29, 1.82) is 0 Å². The highest BCUT2D eigenvalue weighted by molar-refractivity contribution is 5.96. The van der Waals surface area contributed by atoms with Crippen LogP contribution in [0.1, 0.15) is 13.8 Å². The standard InChI is InChI=1S/C26H25F2N7O2/c1-3-37-18-14-12-17(13-15-18)30-23(36)16(2)29-24-33-25(31-21-10-6-4-8-19(21)27)35-26(34-24)32-22-11-7-5-9-20(22)28/h4-16H,3H2,1-2H3,(H,30,36)(H3,29,31,32,33,34,35)/t16-/m0/s1. The highest BCUT2D eigenvalue weighted by Gasteiger charge is 2.17. The van der Waals surface area contributed by atoms with Crippen molar-refractivity contribution in [2.45, 2.75) is 19.9 Å². The maximum Gasteiger partial charge on any atom is 0.246 e. The summed E-state index contributed by atoms with van der Waals surface area (Å²) in [5.41, 5.74) is 0.858. The van der Waals surface area contributed by atoms with Gasteiger partial charge in [0.1, 0.15) is 23.4 Å². The van der Waals surface area contributed by atoms with Crippen LogP contribution in [0.5, 0.6) is 5.75 Å². The fourth-order valence-corrected chi connectivity index (χ4v) is 3.23. The van der Waals surface area contributed by atoms with E-state index in [4.69, 9.17) is 4.74 Å². The van der Waals surface area contributed by atoms with Gasteiger partial charge in [0.05, 0.1) is 18.0 Å². The first-order valence-electron chi connectivity index (χ1n) is 11.5. The monoisotopic (exact) mass is 505 g/mol. The van der Waals surface area contributed by atoms with Gasteiger partial charge < -0.3 is 26.0 Å². The summed E-state index contributed by atoms with van der Waals surface area (Å²) in [5.74, 6) is -0.685. The number of amides is 1. The second kappa shape index (κ2) is 11.8. The SMILES string of the molecule is CCOc1ccc(NC(=O)[C@H](C)Nc2nc(Nc3ccccc3F)nc(Nc3ccccc3F)n2)cc1. The topological polar surface area (TPSA) is 113 Å². The van der Waals surface area contributed by atoms with E-state index in [1.54, 1.807) is 55.5 Å². The summed E-state index contributed by atoms with van der Waals surface area (Å²) in [6.45, 7) is 4.06. The molecule has 1 heterocycles. The number of nitrogens with zero attached hydrogens (tertiary/aromatic N) is 3. The second-order valence-electron chi connectivity index (χ2n) is 7.83. The largest absolute Gasteiger partial charge is 0.494 e. The van der Waals surface area contributed by atoms with Crippen molar-refractivity contribution in [3.05, 3.63) is 84.4 Å². The van der Waals surface area contributed by atoms with Crippen LogP contribution in [0.4, 0.5) is 43.7 Å². The van der Waals surface area contributed by atoms with Gasteiger partial charge in [0, 0.05) is 5.69 Å². The van der Waals surface area contributed by atoms with Crippen molar-refractivity contribution in [1.82, 2.24) is 15.0 Å². The molecule has 0 aliphatic heterocycles. The molecule has 1 atom stereocenters. The third-order valence-electron chi connectivity index (χ3n) is 5.05. The maximum absolute atomic E-state index is 14.2. The Bertz CT molecular complexity index is 1300. The third kappa shape index (κ3) is 6.88. The summed E-state index contributed by atoms with van der Waals surface area (Å²) in [5, 5.41) is 11.3. The molecule has 0 spiro atoms. The molecule has 0 bridgehead atoms. The molecule has 1 amide bonds. The number of hydrogen-bond donors (Lipinski definition) is 4. The zero-order valence-corrected chi connectivity index (χ0v) is 20.1. The average Bonchev–Trinajstić information content (AvgIpc) is 2.88. The number of rotatable bonds is 10. The van der Waals surface area contributed by atoms with Crippen molar-refractivity contribution in [2.24, 2.45) is 0 Å². The van der Waals surface area contributed by atoms with Gasteiger partial charge in [-0.3, -0.25) is 4.79 Å². The minimum absolute atomic E-state index is 0.0134. The molecule has 0 aliphatic carbocycles. The van der Waals surface area contributed by atoms with Crippen molar-refractivity contribution < 1.29 is 18.3 Å². The number of benzene rings is 3. The van der Waals surface area contributed by atoms with E-state index < -0.39 is 17.7 Å². The summed E-state index contributed by atoms with van der Waals surface area (Å²) in [4.78, 5) is 25.5. The zero-order chi connectivity index (χ0) is 26.2. The van der Waals surface area contributed by atoms with Crippen LogP contribution in [-0.2, 0) is 4.79 Å². The number of carbonyl (C=O) groups is 1. The van der Waals surface area contributed by atoms with E-state index in [2.05, 4.69) is 36.2 Å². The van der Waals surface area contributed by atoms with Crippen molar-refractivity contribution >= 4 is 40.8 Å². The van der Waals surface area contributed by atoms with Gasteiger partial charge in [-0.05, 0) is 62.4 Å². The van der Waals surface area contributed by atoms with Crippen LogP contribution in [0.3, 0.4) is 0 Å². The van der Waals surface area contributed by atoms with Crippen LogP contribution in [0.25, 0.3) is 0 Å². The van der Waals surface area contributed by atoms with E-state index in [9.17, 15) is 13.6 Å². The lowest BCUT2D eigenvalue weighted by Gasteiger charge is -2.16. The van der Waals surface area contributed by atoms with Crippen molar-refractivity contribution in [2.75, 3.05) is 27.9 Å². The lowest BCUT2D eigenvalue weighted by atomic mass is 10.2. The summed E-state index contributed by atoms with van der Waals surface area (Å²) < 4.78 is 33.8. The number of para-hydroxylation sites is 2. The lowest BCUT2D eigenvalue weighted by Crippen LogP contribution is -2.32. The Morgan fingerprint density at radius 1 is 0.811 bits per heavy atom. The van der Waals surface area contributed by atoms with Crippen LogP contribution >= 0.6 is 0 Å². The molecular weight excluding hydrogens is 480 g/mol. The molecule has 11 heteroatoms. The van der Waals surface area contributed by atoms with Crippen LogP contribution in [0, 0.1) is 11.6 Å². The number of anilines is 6. The van der Waals surface area contributed by atoms with E-state index in [0.29, 0.717) is 18.0 Å². The molecule has 4 N–H and O–H groups in total. The second-order valence-corrected chi connectivity index (χ2v) is 7.83. The molecule has 0 fully saturated rings. The number of nitrogens with one attached hydrogen (secondary N) is 4. The van der Waals surface area contributed by atoms with Gasteiger partial charge in [-0.2, -0.15) is 15.0 Å². The Kier molecular flexibility index (Phi) is 8.04. The normalized spacial score (nSPS) is 11.4. The third-order valence-corrected chi connectivity index (χ3v) is 5.05. The fraction of sp³-hybridized carbons (Fsp3) is 0.154. The van der Waals surface area contributed by atoms with Gasteiger partial charge in [-0.15, -0.1) is 0 Å². The quantitative estimate of drug-likeness (QED) is 0.224. The van der Waals surface area contributed by atoms with Crippen LogP contribution in [0.2, 0.25) is 0 Å². The zero-order valence-electron chi connectivity index (χ0n) is 20.1. The van der Waals surface area contributed by atoms with Gasteiger partial charge in [0.15, 0.2) is 0 Å².